The standard InChI is InChI=1S/C11H8Cl3N3O2/c1-2-19-11(18)6-4-15-17(5-6)10-8(13)3-7(12)9(14)16-10/h3-5H,2H2,1H3. The molecular formula is C11H8Cl3N3O2. The van der Waals surface area contributed by atoms with Crippen LogP contribution in [0.15, 0.2) is 18.5 Å². The highest BCUT2D eigenvalue weighted by Crippen LogP contribution is 2.27. The molecule has 5 nitrogen and oxygen atoms in total. The molecule has 2 rings (SSSR count). The molecule has 0 radical (unpaired) electrons. The second kappa shape index (κ2) is 5.77. The minimum absolute atomic E-state index is 0.106. The van der Waals surface area contributed by atoms with E-state index >= 15 is 0 Å². The molecular weight excluding hydrogens is 312 g/mol. The fourth-order valence-corrected chi connectivity index (χ4v) is 1.93. The lowest BCUT2D eigenvalue weighted by atomic mass is 10.4. The molecule has 0 unspecified atom stereocenters. The van der Waals surface area contributed by atoms with Crippen molar-refractivity contribution in [3.8, 4) is 5.82 Å². The van der Waals surface area contributed by atoms with Crippen LogP contribution >= 0.6 is 34.8 Å². The van der Waals surface area contributed by atoms with E-state index in [1.807, 2.05) is 0 Å². The van der Waals surface area contributed by atoms with Crippen molar-refractivity contribution in [3.63, 3.8) is 0 Å². The van der Waals surface area contributed by atoms with Crippen molar-refractivity contribution < 1.29 is 9.53 Å². The molecule has 8 heteroatoms. The largest absolute Gasteiger partial charge is 0.462 e. The Labute approximate surface area is 124 Å². The van der Waals surface area contributed by atoms with Crippen LogP contribution in [0, 0.1) is 0 Å². The zero-order valence-electron chi connectivity index (χ0n) is 9.73. The predicted molar refractivity (Wildman–Crippen MR) is 72.3 cm³/mol. The average Bonchev–Trinajstić information content (AvgIpc) is 2.83. The van der Waals surface area contributed by atoms with Crippen LogP contribution in [0.4, 0.5) is 0 Å². The lowest BCUT2D eigenvalue weighted by Crippen LogP contribution is -2.03. The molecule has 2 heterocycles. The lowest BCUT2D eigenvalue weighted by molar-refractivity contribution is 0.0526. The van der Waals surface area contributed by atoms with Gasteiger partial charge in [0.15, 0.2) is 5.82 Å². The summed E-state index contributed by atoms with van der Waals surface area (Å²) in [4.78, 5) is 15.5. The van der Waals surface area contributed by atoms with Gasteiger partial charge in [0.05, 0.1) is 28.4 Å². The molecule has 0 atom stereocenters. The van der Waals surface area contributed by atoms with E-state index in [-0.39, 0.29) is 27.6 Å². The second-order valence-electron chi connectivity index (χ2n) is 3.46. The first-order valence-electron chi connectivity index (χ1n) is 5.26. The minimum atomic E-state index is -0.468. The van der Waals surface area contributed by atoms with Gasteiger partial charge in [-0.2, -0.15) is 5.10 Å². The van der Waals surface area contributed by atoms with E-state index in [0.29, 0.717) is 5.56 Å². The van der Waals surface area contributed by atoms with Gasteiger partial charge in [0, 0.05) is 6.20 Å². The van der Waals surface area contributed by atoms with Crippen LogP contribution in [0.3, 0.4) is 0 Å². The highest BCUT2D eigenvalue weighted by molar-refractivity contribution is 6.42. The summed E-state index contributed by atoms with van der Waals surface area (Å²) >= 11 is 17.6. The van der Waals surface area contributed by atoms with Gasteiger partial charge in [-0.1, -0.05) is 34.8 Å². The highest BCUT2D eigenvalue weighted by Gasteiger charge is 2.14. The van der Waals surface area contributed by atoms with Crippen LogP contribution in [-0.2, 0) is 4.74 Å². The van der Waals surface area contributed by atoms with Crippen LogP contribution in [0.1, 0.15) is 17.3 Å². The Morgan fingerprint density at radius 2 is 2.11 bits per heavy atom. The maximum absolute atomic E-state index is 11.5. The molecule has 0 fully saturated rings. The van der Waals surface area contributed by atoms with Crippen LogP contribution in [0.25, 0.3) is 5.82 Å². The van der Waals surface area contributed by atoms with Crippen molar-refractivity contribution in [1.82, 2.24) is 14.8 Å². The Bertz CT molecular complexity index is 628. The number of pyridine rings is 1. The number of hydrogen-bond donors (Lipinski definition) is 0. The van der Waals surface area contributed by atoms with Gasteiger partial charge in [0.25, 0.3) is 0 Å². The fourth-order valence-electron chi connectivity index (χ4n) is 1.35. The Morgan fingerprint density at radius 1 is 1.37 bits per heavy atom. The van der Waals surface area contributed by atoms with Gasteiger partial charge in [-0.3, -0.25) is 0 Å². The topological polar surface area (TPSA) is 57.0 Å². The molecule has 0 aliphatic rings. The third-order valence-electron chi connectivity index (χ3n) is 2.18. The monoisotopic (exact) mass is 319 g/mol. The van der Waals surface area contributed by atoms with Gasteiger partial charge < -0.3 is 4.74 Å². The van der Waals surface area contributed by atoms with E-state index in [1.54, 1.807) is 6.92 Å². The maximum atomic E-state index is 11.5. The van der Waals surface area contributed by atoms with E-state index in [9.17, 15) is 4.79 Å². The molecule has 0 aliphatic carbocycles. The fraction of sp³-hybridized carbons (Fsp3) is 0.182. The van der Waals surface area contributed by atoms with Gasteiger partial charge >= 0.3 is 5.97 Å². The van der Waals surface area contributed by atoms with Crippen LogP contribution in [-0.4, -0.2) is 27.3 Å². The molecule has 0 bridgehead atoms. The molecule has 0 aromatic carbocycles. The van der Waals surface area contributed by atoms with Crippen molar-refractivity contribution in [2.45, 2.75) is 6.92 Å². The quantitative estimate of drug-likeness (QED) is 0.642. The summed E-state index contributed by atoms with van der Waals surface area (Å²) in [7, 11) is 0. The summed E-state index contributed by atoms with van der Waals surface area (Å²) in [5.41, 5.74) is 0.297. The summed E-state index contributed by atoms with van der Waals surface area (Å²) < 4.78 is 6.19. The number of rotatable bonds is 3. The normalized spacial score (nSPS) is 10.5. The molecule has 2 aromatic rings. The molecule has 0 amide bonds. The van der Waals surface area contributed by atoms with Crippen LogP contribution in [0.5, 0.6) is 0 Å². The van der Waals surface area contributed by atoms with E-state index in [1.165, 1.54) is 23.1 Å². The van der Waals surface area contributed by atoms with Gasteiger partial charge in [-0.05, 0) is 13.0 Å². The van der Waals surface area contributed by atoms with Gasteiger partial charge in [0.1, 0.15) is 5.15 Å². The van der Waals surface area contributed by atoms with Gasteiger partial charge in [-0.25, -0.2) is 14.5 Å². The Kier molecular flexibility index (Phi) is 4.29. The first-order valence-corrected chi connectivity index (χ1v) is 6.40. The third-order valence-corrected chi connectivity index (χ3v) is 3.13. The highest BCUT2D eigenvalue weighted by atomic mass is 35.5. The molecule has 0 saturated carbocycles. The van der Waals surface area contributed by atoms with Crippen molar-refractivity contribution in [2.24, 2.45) is 0 Å². The second-order valence-corrected chi connectivity index (χ2v) is 4.63. The van der Waals surface area contributed by atoms with Gasteiger partial charge in [-0.15, -0.1) is 0 Å². The summed E-state index contributed by atoms with van der Waals surface area (Å²) in [6.45, 7) is 2.01. The third kappa shape index (κ3) is 3.00. The predicted octanol–water partition coefficient (Wildman–Crippen LogP) is 3.40. The zero-order chi connectivity index (χ0) is 14.0. The Hall–Kier alpha value is -1.30. The van der Waals surface area contributed by atoms with Crippen LogP contribution in [0.2, 0.25) is 15.2 Å². The smallest absolute Gasteiger partial charge is 0.341 e. The average molecular weight is 321 g/mol. The number of carbonyl (C=O) groups is 1. The zero-order valence-corrected chi connectivity index (χ0v) is 12.0. The number of halogens is 3. The SMILES string of the molecule is CCOC(=O)c1cnn(-c2nc(Cl)c(Cl)cc2Cl)c1. The lowest BCUT2D eigenvalue weighted by Gasteiger charge is -2.04. The number of hydrogen-bond acceptors (Lipinski definition) is 4. The Morgan fingerprint density at radius 3 is 2.79 bits per heavy atom. The first-order chi connectivity index (χ1) is 9.02. The van der Waals surface area contributed by atoms with Crippen molar-refractivity contribution in [1.29, 1.82) is 0 Å². The van der Waals surface area contributed by atoms with Crippen molar-refractivity contribution >= 4 is 40.8 Å². The summed E-state index contributed by atoms with van der Waals surface area (Å²) in [6, 6.07) is 1.46. The molecule has 2 aromatic heterocycles. The number of ether oxygens (including phenoxy) is 1. The summed E-state index contributed by atoms with van der Waals surface area (Å²) in [5, 5.41) is 4.61. The van der Waals surface area contributed by atoms with E-state index < -0.39 is 5.97 Å². The molecule has 0 spiro atoms. The van der Waals surface area contributed by atoms with Crippen molar-refractivity contribution in [2.75, 3.05) is 6.61 Å². The first kappa shape index (κ1) is 14.1. The molecule has 100 valence electrons. The van der Waals surface area contributed by atoms with Crippen LogP contribution < -0.4 is 0 Å². The number of carbonyl (C=O) groups excluding carboxylic acids is 1. The maximum Gasteiger partial charge on any atom is 0.341 e. The molecule has 0 aliphatic heterocycles. The molecule has 0 saturated heterocycles. The number of esters is 1. The summed E-state index contributed by atoms with van der Waals surface area (Å²) in [5.74, 6) is -0.184. The van der Waals surface area contributed by atoms with Gasteiger partial charge in [0.2, 0.25) is 0 Å². The summed E-state index contributed by atoms with van der Waals surface area (Å²) in [6.07, 6.45) is 2.81. The number of aromatic nitrogens is 3. The van der Waals surface area contributed by atoms with E-state index in [0.717, 1.165) is 0 Å². The van der Waals surface area contributed by atoms with Crippen molar-refractivity contribution in [3.05, 3.63) is 39.2 Å². The van der Waals surface area contributed by atoms with E-state index in [4.69, 9.17) is 39.5 Å². The Balaban J connectivity index is 2.38. The van der Waals surface area contributed by atoms with E-state index in [2.05, 4.69) is 10.1 Å². The minimum Gasteiger partial charge on any atom is -0.462 e. The molecule has 19 heavy (non-hydrogen) atoms. The molecule has 0 N–H and O–H groups in total. The number of nitrogens with zero attached hydrogens (tertiary/aromatic N) is 3.